The molecule has 0 spiro atoms. The van der Waals surface area contributed by atoms with E-state index in [1.54, 1.807) is 6.08 Å². The fourth-order valence-corrected chi connectivity index (χ4v) is 7.56. The third-order valence-electron chi connectivity index (χ3n) is 10.4. The lowest BCUT2D eigenvalue weighted by atomic mass is 9.85. The van der Waals surface area contributed by atoms with E-state index in [-0.39, 0.29) is 12.8 Å². The number of allylic oxidation sites excluding steroid dienone is 8. The van der Waals surface area contributed by atoms with Gasteiger partial charge < -0.3 is 45.0 Å². The summed E-state index contributed by atoms with van der Waals surface area (Å²) in [7, 11) is -5.15. The van der Waals surface area contributed by atoms with Crippen LogP contribution in [0, 0.1) is 0 Å². The Bertz CT molecular complexity index is 1330. The Balaban J connectivity index is 2.53. The number of aliphatic hydroxyl groups is 6. The standard InChI is InChI=1S/C47H81O14P/c1-3-5-7-9-11-12-13-14-15-16-17-18-22-27-31-35-41(50)60-39(37-59-62(56,57)61-47-45(54)43(52)42(51)44(53)46(47)55)36-58-40(49)34-30-26-23-19-21-25-29-33-38(48)32-28-24-20-10-8-6-4-2/h12-13,19-20,23-25,28-29,32,38-39,42-48,51-55H,3-11,14-18,21-22,26-27,30-31,33-37H2,1-2H3,(H,56,57)/b13-12-,23-19+,24-20-,29-25-,32-28-/t38-,39-,42?,43-,44+,45-,46-,47?/m1/s1. The summed E-state index contributed by atoms with van der Waals surface area (Å²) >= 11 is 0. The van der Waals surface area contributed by atoms with E-state index >= 15 is 0 Å². The topological polar surface area (TPSA) is 230 Å². The van der Waals surface area contributed by atoms with Crippen molar-refractivity contribution in [3.8, 4) is 0 Å². The molecule has 0 aliphatic heterocycles. The normalized spacial score (nSPS) is 22.9. The molecule has 14 nitrogen and oxygen atoms in total. The summed E-state index contributed by atoms with van der Waals surface area (Å²) in [5.41, 5.74) is 0. The van der Waals surface area contributed by atoms with E-state index in [0.29, 0.717) is 32.1 Å². The van der Waals surface area contributed by atoms with Crippen molar-refractivity contribution in [3.63, 3.8) is 0 Å². The number of hydrogen-bond acceptors (Lipinski definition) is 13. The van der Waals surface area contributed by atoms with Gasteiger partial charge in [0.1, 0.15) is 43.2 Å². The SMILES string of the molecule is CCCCC/C=C\C=C/[C@@H](O)C/C=C\C/C=C/CCCC(=O)OC[C@H](COP(=O)(O)OC1[C@H](O)[C@H](O)C(O)[C@H](O)[C@H]1O)OC(=O)CCCCCCCCC/C=C\CCCCCC. The number of rotatable bonds is 37. The van der Waals surface area contributed by atoms with E-state index in [2.05, 4.69) is 32.1 Å². The van der Waals surface area contributed by atoms with E-state index in [0.717, 1.165) is 57.8 Å². The molecule has 0 aromatic rings. The lowest BCUT2D eigenvalue weighted by Crippen LogP contribution is -2.64. The molecule has 0 saturated heterocycles. The van der Waals surface area contributed by atoms with Gasteiger partial charge in [0.25, 0.3) is 0 Å². The van der Waals surface area contributed by atoms with Crippen LogP contribution < -0.4 is 0 Å². The predicted molar refractivity (Wildman–Crippen MR) is 241 cm³/mol. The summed E-state index contributed by atoms with van der Waals surface area (Å²) in [6.45, 7) is 3.12. The van der Waals surface area contributed by atoms with Crippen LogP contribution in [-0.2, 0) is 32.7 Å². The third-order valence-corrected chi connectivity index (χ3v) is 11.4. The van der Waals surface area contributed by atoms with Crippen LogP contribution in [0.5, 0.6) is 0 Å². The first-order valence-corrected chi connectivity index (χ1v) is 24.7. The molecule has 0 aromatic carbocycles. The van der Waals surface area contributed by atoms with Gasteiger partial charge in [-0.1, -0.05) is 139 Å². The predicted octanol–water partition coefficient (Wildman–Crippen LogP) is 7.92. The van der Waals surface area contributed by atoms with E-state index < -0.39 is 81.8 Å². The highest BCUT2D eigenvalue weighted by Crippen LogP contribution is 2.47. The number of unbranched alkanes of at least 4 members (excludes halogenated alkanes) is 15. The van der Waals surface area contributed by atoms with Crippen LogP contribution in [0.15, 0.2) is 60.8 Å². The van der Waals surface area contributed by atoms with Crippen LogP contribution in [0.3, 0.4) is 0 Å². The van der Waals surface area contributed by atoms with Gasteiger partial charge in [0.05, 0.1) is 12.7 Å². The van der Waals surface area contributed by atoms with Gasteiger partial charge in [-0.05, 0) is 70.6 Å². The maximum atomic E-state index is 12.8. The molecule has 1 fully saturated rings. The summed E-state index contributed by atoms with van der Waals surface area (Å²) in [6.07, 6.45) is 27.2. The second-order valence-corrected chi connectivity index (χ2v) is 17.5. The molecule has 0 bridgehead atoms. The molecule has 0 aromatic heterocycles. The van der Waals surface area contributed by atoms with Gasteiger partial charge in [-0.3, -0.25) is 18.6 Å². The molecule has 1 saturated carbocycles. The summed E-state index contributed by atoms with van der Waals surface area (Å²) < 4.78 is 33.4. The van der Waals surface area contributed by atoms with Crippen LogP contribution in [0.25, 0.3) is 0 Å². The van der Waals surface area contributed by atoms with E-state index in [4.69, 9.17) is 18.5 Å². The number of carbonyl (C=O) groups is 2. The van der Waals surface area contributed by atoms with Gasteiger partial charge in [0.15, 0.2) is 6.10 Å². The zero-order valence-electron chi connectivity index (χ0n) is 37.5. The molecule has 1 rings (SSSR count). The van der Waals surface area contributed by atoms with Crippen molar-refractivity contribution in [3.05, 3.63) is 60.8 Å². The second-order valence-electron chi connectivity index (χ2n) is 16.1. The van der Waals surface area contributed by atoms with Crippen molar-refractivity contribution in [1.82, 2.24) is 0 Å². The molecule has 9 atom stereocenters. The van der Waals surface area contributed by atoms with E-state index in [9.17, 15) is 49.7 Å². The molecule has 7 N–H and O–H groups in total. The molecule has 0 radical (unpaired) electrons. The van der Waals surface area contributed by atoms with Crippen molar-refractivity contribution in [2.45, 2.75) is 210 Å². The Morgan fingerprint density at radius 2 is 1.08 bits per heavy atom. The Hall–Kier alpha value is -2.49. The smallest absolute Gasteiger partial charge is 0.462 e. The Morgan fingerprint density at radius 3 is 1.74 bits per heavy atom. The molecule has 3 unspecified atom stereocenters. The number of phosphoric acid groups is 1. The fourth-order valence-electron chi connectivity index (χ4n) is 6.59. The van der Waals surface area contributed by atoms with Gasteiger partial charge in [0, 0.05) is 12.8 Å². The van der Waals surface area contributed by atoms with Crippen LogP contribution in [0.4, 0.5) is 0 Å². The second kappa shape index (κ2) is 36.8. The lowest BCUT2D eigenvalue weighted by molar-refractivity contribution is -0.220. The molecule has 15 heteroatoms. The molecular formula is C47H81O14P. The summed E-state index contributed by atoms with van der Waals surface area (Å²) in [4.78, 5) is 35.7. The molecule has 1 aliphatic rings. The maximum Gasteiger partial charge on any atom is 0.472 e. The van der Waals surface area contributed by atoms with Crippen LogP contribution in [-0.4, -0.2) is 110 Å². The van der Waals surface area contributed by atoms with Crippen LogP contribution in [0.1, 0.15) is 162 Å². The minimum atomic E-state index is -5.15. The van der Waals surface area contributed by atoms with Crippen molar-refractivity contribution >= 4 is 19.8 Å². The van der Waals surface area contributed by atoms with Gasteiger partial charge in [-0.25, -0.2) is 4.57 Å². The van der Waals surface area contributed by atoms with Gasteiger partial charge >= 0.3 is 19.8 Å². The Morgan fingerprint density at radius 1 is 0.581 bits per heavy atom. The number of ether oxygens (including phenoxy) is 2. The minimum absolute atomic E-state index is 0.0542. The average Bonchev–Trinajstić information content (AvgIpc) is 3.25. The number of aliphatic hydroxyl groups excluding tert-OH is 6. The zero-order chi connectivity index (χ0) is 45.9. The van der Waals surface area contributed by atoms with Gasteiger partial charge in [0.2, 0.25) is 0 Å². The maximum absolute atomic E-state index is 12.8. The summed E-state index contributed by atoms with van der Waals surface area (Å²) in [5, 5.41) is 60.2. The highest BCUT2D eigenvalue weighted by atomic mass is 31.2. The molecule has 358 valence electrons. The fraction of sp³-hybridized carbons (Fsp3) is 0.745. The van der Waals surface area contributed by atoms with Crippen molar-refractivity contribution < 1.29 is 68.2 Å². The highest BCUT2D eigenvalue weighted by molar-refractivity contribution is 7.47. The quantitative estimate of drug-likeness (QED) is 0.0103. The first kappa shape index (κ1) is 57.5. The van der Waals surface area contributed by atoms with E-state index in [1.165, 1.54) is 44.9 Å². The van der Waals surface area contributed by atoms with E-state index in [1.807, 2.05) is 36.5 Å². The Kier molecular flexibility index (Phi) is 34.2. The number of esters is 2. The van der Waals surface area contributed by atoms with Crippen molar-refractivity contribution in [1.29, 1.82) is 0 Å². The summed E-state index contributed by atoms with van der Waals surface area (Å²) in [6, 6.07) is 0. The molecule has 0 heterocycles. The zero-order valence-corrected chi connectivity index (χ0v) is 38.4. The van der Waals surface area contributed by atoms with Crippen molar-refractivity contribution in [2.75, 3.05) is 13.2 Å². The molecular weight excluding hydrogens is 819 g/mol. The molecule has 1 aliphatic carbocycles. The first-order chi connectivity index (χ1) is 29.8. The highest BCUT2D eigenvalue weighted by Gasteiger charge is 2.51. The van der Waals surface area contributed by atoms with Crippen LogP contribution >= 0.6 is 7.82 Å². The first-order valence-electron chi connectivity index (χ1n) is 23.2. The average molecular weight is 901 g/mol. The van der Waals surface area contributed by atoms with Gasteiger partial charge in [-0.15, -0.1) is 0 Å². The molecule has 62 heavy (non-hydrogen) atoms. The summed E-state index contributed by atoms with van der Waals surface area (Å²) in [5.74, 6) is -1.22. The largest absolute Gasteiger partial charge is 0.472 e. The van der Waals surface area contributed by atoms with Gasteiger partial charge in [-0.2, -0.15) is 0 Å². The van der Waals surface area contributed by atoms with Crippen molar-refractivity contribution in [2.24, 2.45) is 0 Å². The van der Waals surface area contributed by atoms with Crippen LogP contribution in [0.2, 0.25) is 0 Å². The third kappa shape index (κ3) is 29.1. The lowest BCUT2D eigenvalue weighted by Gasteiger charge is -2.41. The number of carbonyl (C=O) groups excluding carboxylic acids is 2. The Labute approximate surface area is 371 Å². The monoisotopic (exact) mass is 901 g/mol. The minimum Gasteiger partial charge on any atom is -0.462 e. The molecule has 0 amide bonds. The number of phosphoric ester groups is 1. The number of hydrogen-bond donors (Lipinski definition) is 7.